The molecular formula is C20H30N4O5S. The molecule has 166 valence electrons. The average Bonchev–Trinajstić information content (AvgIpc) is 2.74. The van der Waals surface area contributed by atoms with E-state index in [9.17, 15) is 18.0 Å². The van der Waals surface area contributed by atoms with Gasteiger partial charge in [-0.05, 0) is 31.0 Å². The highest BCUT2D eigenvalue weighted by atomic mass is 32.2. The minimum Gasteiger partial charge on any atom is -0.378 e. The van der Waals surface area contributed by atoms with Crippen LogP contribution in [0.3, 0.4) is 0 Å². The number of anilines is 2. The molecule has 0 atom stereocenters. The number of carbonyl (C=O) groups is 2. The third kappa shape index (κ3) is 5.71. The van der Waals surface area contributed by atoms with Gasteiger partial charge in [-0.15, -0.1) is 0 Å². The number of piperidine rings is 1. The van der Waals surface area contributed by atoms with Gasteiger partial charge in [0.1, 0.15) is 0 Å². The minimum absolute atomic E-state index is 0.102. The summed E-state index contributed by atoms with van der Waals surface area (Å²) in [6, 6.07) is 4.91. The lowest BCUT2D eigenvalue weighted by atomic mass is 10.2. The second kappa shape index (κ2) is 10.2. The molecule has 1 aromatic carbocycles. The number of hydrogen-bond donors (Lipinski definition) is 2. The van der Waals surface area contributed by atoms with Crippen LogP contribution in [-0.2, 0) is 24.3 Å². The van der Waals surface area contributed by atoms with Crippen molar-refractivity contribution in [3.05, 3.63) is 18.2 Å². The summed E-state index contributed by atoms with van der Waals surface area (Å²) in [4.78, 5) is 25.7. The van der Waals surface area contributed by atoms with E-state index in [0.717, 1.165) is 24.9 Å². The normalized spacial score (nSPS) is 18.1. The highest BCUT2D eigenvalue weighted by Crippen LogP contribution is 2.31. The van der Waals surface area contributed by atoms with Crippen LogP contribution in [0.15, 0.2) is 23.1 Å². The first kappa shape index (κ1) is 22.5. The molecule has 0 saturated carbocycles. The fourth-order valence-electron chi connectivity index (χ4n) is 3.67. The third-order valence-corrected chi connectivity index (χ3v) is 7.17. The zero-order valence-electron chi connectivity index (χ0n) is 17.4. The summed E-state index contributed by atoms with van der Waals surface area (Å²) in [5.41, 5.74) is 1.23. The molecule has 30 heavy (non-hydrogen) atoms. The van der Waals surface area contributed by atoms with Crippen molar-refractivity contribution in [1.82, 2.24) is 9.62 Å². The molecule has 0 aromatic heterocycles. The Hall–Kier alpha value is -2.17. The van der Waals surface area contributed by atoms with Gasteiger partial charge in [0.2, 0.25) is 21.8 Å². The van der Waals surface area contributed by atoms with E-state index in [-0.39, 0.29) is 29.7 Å². The summed E-state index contributed by atoms with van der Waals surface area (Å²) in [7, 11) is -3.61. The Balaban J connectivity index is 1.84. The number of hydrogen-bond acceptors (Lipinski definition) is 6. The summed E-state index contributed by atoms with van der Waals surface area (Å²) in [6.07, 6.45) is 2.86. The standard InChI is InChI=1S/C20H30N4O5S/c1-16(25)21-8-7-20(26)22-18-15-17(30(27,28)24-9-3-2-4-10-24)5-6-19(18)23-11-13-29-14-12-23/h5-6,15H,2-4,7-14H2,1H3,(H,21,25)(H,22,26). The van der Waals surface area contributed by atoms with Gasteiger partial charge < -0.3 is 20.3 Å². The lowest BCUT2D eigenvalue weighted by Crippen LogP contribution is -2.37. The van der Waals surface area contributed by atoms with Crippen molar-refractivity contribution >= 4 is 33.2 Å². The number of amides is 2. The van der Waals surface area contributed by atoms with Gasteiger partial charge in [-0.3, -0.25) is 9.59 Å². The molecule has 0 bridgehead atoms. The number of carbonyl (C=O) groups excluding carboxylic acids is 2. The Morgan fingerprint density at radius 2 is 1.77 bits per heavy atom. The van der Waals surface area contributed by atoms with E-state index in [1.165, 1.54) is 11.2 Å². The molecule has 0 aliphatic carbocycles. The van der Waals surface area contributed by atoms with Crippen LogP contribution in [0.4, 0.5) is 11.4 Å². The van der Waals surface area contributed by atoms with Gasteiger partial charge >= 0.3 is 0 Å². The topological polar surface area (TPSA) is 108 Å². The number of sulfonamides is 1. The van der Waals surface area contributed by atoms with E-state index in [0.29, 0.717) is 45.1 Å². The maximum atomic E-state index is 13.1. The fourth-order valence-corrected chi connectivity index (χ4v) is 5.22. The molecule has 0 radical (unpaired) electrons. The first-order chi connectivity index (χ1) is 14.4. The van der Waals surface area contributed by atoms with Gasteiger partial charge in [-0.1, -0.05) is 6.42 Å². The molecule has 10 heteroatoms. The molecule has 9 nitrogen and oxygen atoms in total. The Morgan fingerprint density at radius 3 is 2.43 bits per heavy atom. The second-order valence-electron chi connectivity index (χ2n) is 7.52. The van der Waals surface area contributed by atoms with Gasteiger partial charge in [-0.2, -0.15) is 4.31 Å². The first-order valence-corrected chi connectivity index (χ1v) is 11.8. The lowest BCUT2D eigenvalue weighted by Gasteiger charge is -2.31. The van der Waals surface area contributed by atoms with Crippen LogP contribution in [0.25, 0.3) is 0 Å². The molecule has 2 heterocycles. The summed E-state index contributed by atoms with van der Waals surface area (Å²) < 4.78 is 33.1. The molecule has 3 rings (SSSR count). The predicted molar refractivity (Wildman–Crippen MR) is 114 cm³/mol. The molecule has 2 aliphatic heterocycles. The van der Waals surface area contributed by atoms with Crippen molar-refractivity contribution in [2.75, 3.05) is 56.2 Å². The zero-order valence-corrected chi connectivity index (χ0v) is 18.2. The summed E-state index contributed by atoms with van der Waals surface area (Å²) >= 11 is 0. The summed E-state index contributed by atoms with van der Waals surface area (Å²) in [5, 5.41) is 5.43. The number of nitrogens with zero attached hydrogens (tertiary/aromatic N) is 2. The second-order valence-corrected chi connectivity index (χ2v) is 9.46. The SMILES string of the molecule is CC(=O)NCCC(=O)Nc1cc(S(=O)(=O)N2CCCCC2)ccc1N1CCOCC1. The van der Waals surface area contributed by atoms with Crippen LogP contribution < -0.4 is 15.5 Å². The van der Waals surface area contributed by atoms with Crippen molar-refractivity contribution in [2.24, 2.45) is 0 Å². The number of ether oxygens (including phenoxy) is 1. The Bertz CT molecular complexity index is 862. The number of morpholine rings is 1. The van der Waals surface area contributed by atoms with Gasteiger partial charge in [0.05, 0.1) is 29.5 Å². The third-order valence-electron chi connectivity index (χ3n) is 5.27. The molecule has 2 fully saturated rings. The van der Waals surface area contributed by atoms with E-state index in [4.69, 9.17) is 4.74 Å². The largest absolute Gasteiger partial charge is 0.378 e. The van der Waals surface area contributed by atoms with E-state index < -0.39 is 10.0 Å². The predicted octanol–water partition coefficient (Wildman–Crippen LogP) is 1.16. The zero-order chi connectivity index (χ0) is 21.6. The van der Waals surface area contributed by atoms with E-state index >= 15 is 0 Å². The summed E-state index contributed by atoms with van der Waals surface area (Å²) in [5.74, 6) is -0.489. The molecular weight excluding hydrogens is 408 g/mol. The average molecular weight is 439 g/mol. The minimum atomic E-state index is -3.61. The number of nitrogens with one attached hydrogen (secondary N) is 2. The maximum Gasteiger partial charge on any atom is 0.243 e. The van der Waals surface area contributed by atoms with Gasteiger partial charge in [0.25, 0.3) is 0 Å². The Kier molecular flexibility index (Phi) is 7.68. The number of rotatable bonds is 7. The van der Waals surface area contributed by atoms with Crippen LogP contribution in [-0.4, -0.2) is 70.5 Å². The molecule has 0 unspecified atom stereocenters. The van der Waals surface area contributed by atoms with Crippen LogP contribution in [0.1, 0.15) is 32.6 Å². The van der Waals surface area contributed by atoms with E-state index in [2.05, 4.69) is 15.5 Å². The number of benzene rings is 1. The van der Waals surface area contributed by atoms with E-state index in [1.54, 1.807) is 18.2 Å². The van der Waals surface area contributed by atoms with Crippen molar-refractivity contribution in [3.63, 3.8) is 0 Å². The van der Waals surface area contributed by atoms with Crippen LogP contribution in [0, 0.1) is 0 Å². The molecule has 2 aliphatic rings. The lowest BCUT2D eigenvalue weighted by molar-refractivity contribution is -0.119. The maximum absolute atomic E-state index is 13.1. The monoisotopic (exact) mass is 438 g/mol. The molecule has 1 aromatic rings. The quantitative estimate of drug-likeness (QED) is 0.662. The van der Waals surface area contributed by atoms with E-state index in [1.807, 2.05) is 0 Å². The van der Waals surface area contributed by atoms with Crippen LogP contribution in [0.5, 0.6) is 0 Å². The van der Waals surface area contributed by atoms with Crippen LogP contribution in [0.2, 0.25) is 0 Å². The fraction of sp³-hybridized carbons (Fsp3) is 0.600. The first-order valence-electron chi connectivity index (χ1n) is 10.4. The highest BCUT2D eigenvalue weighted by Gasteiger charge is 2.27. The smallest absolute Gasteiger partial charge is 0.243 e. The Labute approximate surface area is 177 Å². The molecule has 0 spiro atoms. The highest BCUT2D eigenvalue weighted by molar-refractivity contribution is 7.89. The van der Waals surface area contributed by atoms with Crippen molar-refractivity contribution in [3.8, 4) is 0 Å². The van der Waals surface area contributed by atoms with Crippen LogP contribution >= 0.6 is 0 Å². The van der Waals surface area contributed by atoms with Gasteiger partial charge in [0.15, 0.2) is 0 Å². The Morgan fingerprint density at radius 1 is 1.07 bits per heavy atom. The van der Waals surface area contributed by atoms with Crippen molar-refractivity contribution < 1.29 is 22.7 Å². The van der Waals surface area contributed by atoms with Gasteiger partial charge in [-0.25, -0.2) is 8.42 Å². The molecule has 2 N–H and O–H groups in total. The van der Waals surface area contributed by atoms with Crippen molar-refractivity contribution in [1.29, 1.82) is 0 Å². The van der Waals surface area contributed by atoms with Gasteiger partial charge in [0, 0.05) is 46.1 Å². The summed E-state index contributed by atoms with van der Waals surface area (Å²) in [6.45, 7) is 5.12. The molecule has 2 amide bonds. The molecule has 2 saturated heterocycles. The van der Waals surface area contributed by atoms with Crippen molar-refractivity contribution in [2.45, 2.75) is 37.5 Å².